The molecule has 0 atom stereocenters. The lowest BCUT2D eigenvalue weighted by Gasteiger charge is -1.92. The molecule has 0 saturated heterocycles. The summed E-state index contributed by atoms with van der Waals surface area (Å²) >= 11 is 6.27. The normalized spacial score (nSPS) is 17.8. The third-order valence-electron chi connectivity index (χ3n) is 3.43. The molecule has 0 fully saturated rings. The maximum atomic E-state index is 11.2. The van der Waals surface area contributed by atoms with E-state index in [-0.39, 0.29) is 11.9 Å². The summed E-state index contributed by atoms with van der Waals surface area (Å²) in [5.41, 5.74) is 2.95. The topological polar surface area (TPSA) is 52.6 Å². The molecule has 0 saturated carbocycles. The second kappa shape index (κ2) is 7.15. The number of cyclic esters (lactones) is 2. The molecule has 2 aliphatic rings. The minimum atomic E-state index is -0.281. The smallest absolute Gasteiger partial charge is 0.344 e. The molecule has 2 heterocycles. The Kier molecular flexibility index (Phi) is 4.97. The highest BCUT2D eigenvalue weighted by atomic mass is 79.9. The van der Waals surface area contributed by atoms with Gasteiger partial charge in [0.2, 0.25) is 0 Å². The van der Waals surface area contributed by atoms with E-state index in [1.165, 1.54) is 0 Å². The summed E-state index contributed by atoms with van der Waals surface area (Å²) in [6.07, 6.45) is 0. The van der Waals surface area contributed by atoms with Crippen molar-refractivity contribution in [3.05, 3.63) is 80.8 Å². The molecular formula is C18H10Br2O4. The number of esters is 2. The Bertz CT molecular complexity index is 811. The number of benzene rings is 2. The number of hydrogen-bond acceptors (Lipinski definition) is 4. The van der Waals surface area contributed by atoms with Gasteiger partial charge in [-0.15, -0.1) is 0 Å². The van der Waals surface area contributed by atoms with Gasteiger partial charge in [0, 0.05) is 21.1 Å². The average molecular weight is 450 g/mol. The number of hydrogen-bond donors (Lipinski definition) is 0. The molecule has 0 spiro atoms. The van der Waals surface area contributed by atoms with Crippen LogP contribution in [0.5, 0.6) is 0 Å². The summed E-state index contributed by atoms with van der Waals surface area (Å²) in [6.45, 7) is 0. The van der Waals surface area contributed by atoms with Gasteiger partial charge in [0.25, 0.3) is 0 Å². The van der Waals surface area contributed by atoms with Gasteiger partial charge in [0.1, 0.15) is 11.5 Å². The van der Waals surface area contributed by atoms with Crippen molar-refractivity contribution in [3.63, 3.8) is 0 Å². The molecule has 2 aromatic carbocycles. The van der Waals surface area contributed by atoms with Crippen molar-refractivity contribution >= 4 is 55.3 Å². The number of carbonyl (C=O) groups excluding carboxylic acids is 2. The van der Waals surface area contributed by atoms with Crippen molar-refractivity contribution in [3.8, 4) is 0 Å². The molecule has 6 heteroatoms. The number of carbonyl (C=O) groups is 2. The summed E-state index contributed by atoms with van der Waals surface area (Å²) in [5.74, 6) is 0.596. The number of halogens is 2. The van der Waals surface area contributed by atoms with Gasteiger partial charge in [0.15, 0.2) is 0 Å². The molecule has 120 valence electrons. The Balaban J connectivity index is 0.000000141. The van der Waals surface area contributed by atoms with E-state index >= 15 is 0 Å². The van der Waals surface area contributed by atoms with Crippen LogP contribution in [0.3, 0.4) is 0 Å². The van der Waals surface area contributed by atoms with Gasteiger partial charge >= 0.3 is 11.9 Å². The number of rotatable bonds is 0. The van der Waals surface area contributed by atoms with Crippen LogP contribution >= 0.6 is 31.9 Å². The summed E-state index contributed by atoms with van der Waals surface area (Å²) < 4.78 is 9.91. The second-order valence-corrected chi connectivity index (χ2v) is 5.73. The van der Waals surface area contributed by atoms with Gasteiger partial charge in [-0.2, -0.15) is 0 Å². The third kappa shape index (κ3) is 3.07. The Morgan fingerprint density at radius 3 is 1.29 bits per heavy atom. The van der Waals surface area contributed by atoms with Gasteiger partial charge in [0.05, 0.1) is 11.1 Å². The molecule has 0 aromatic heterocycles. The molecule has 2 aromatic rings. The molecule has 0 unspecified atom stereocenters. The first-order valence-electron chi connectivity index (χ1n) is 6.89. The second-order valence-electron chi connectivity index (χ2n) is 4.82. The fourth-order valence-corrected chi connectivity index (χ4v) is 3.01. The molecule has 0 amide bonds. The Hall–Kier alpha value is -2.18. The zero-order valence-corrected chi connectivity index (χ0v) is 15.3. The van der Waals surface area contributed by atoms with Gasteiger partial charge in [-0.05, 0) is 12.1 Å². The maximum Gasteiger partial charge on any atom is 0.344 e. The van der Waals surface area contributed by atoms with Crippen LogP contribution in [0.25, 0.3) is 11.5 Å². The number of ether oxygens (including phenoxy) is 2. The molecular weight excluding hydrogens is 440 g/mol. The van der Waals surface area contributed by atoms with E-state index in [9.17, 15) is 9.59 Å². The predicted molar refractivity (Wildman–Crippen MR) is 97.5 cm³/mol. The summed E-state index contributed by atoms with van der Waals surface area (Å²) in [4.78, 5) is 25.5. The predicted octanol–water partition coefficient (Wildman–Crippen LogP) is 5.10. The molecule has 0 N–H and O–H groups in total. The molecule has 4 nitrogen and oxygen atoms in total. The van der Waals surface area contributed by atoms with Crippen molar-refractivity contribution in [2.45, 2.75) is 0 Å². The van der Waals surface area contributed by atoms with Crippen LogP contribution in [-0.2, 0) is 9.47 Å². The van der Waals surface area contributed by atoms with Gasteiger partial charge in [-0.25, -0.2) is 9.59 Å². The van der Waals surface area contributed by atoms with Crippen molar-refractivity contribution in [1.29, 1.82) is 0 Å². The molecule has 24 heavy (non-hydrogen) atoms. The SMILES string of the molecule is O=C1O/C(=C\Br)c2ccccc21.O=C1O/C(=C\Br)c2ccccc21. The Morgan fingerprint density at radius 1 is 0.625 bits per heavy atom. The Morgan fingerprint density at radius 2 is 0.958 bits per heavy atom. The molecule has 0 aliphatic carbocycles. The van der Waals surface area contributed by atoms with Crippen LogP contribution in [0.15, 0.2) is 58.5 Å². The highest BCUT2D eigenvalue weighted by Gasteiger charge is 2.25. The van der Waals surface area contributed by atoms with Gasteiger partial charge in [-0.3, -0.25) is 0 Å². The van der Waals surface area contributed by atoms with Crippen LogP contribution in [0.2, 0.25) is 0 Å². The van der Waals surface area contributed by atoms with E-state index in [1.54, 1.807) is 22.1 Å². The number of fused-ring (bicyclic) bond motifs is 2. The first kappa shape index (κ1) is 16.7. The molecule has 4 rings (SSSR count). The minimum Gasteiger partial charge on any atom is -0.422 e. The summed E-state index contributed by atoms with van der Waals surface area (Å²) in [7, 11) is 0. The quantitative estimate of drug-likeness (QED) is 0.525. The lowest BCUT2D eigenvalue weighted by Crippen LogP contribution is -1.91. The van der Waals surface area contributed by atoms with Crippen molar-refractivity contribution in [2.24, 2.45) is 0 Å². The van der Waals surface area contributed by atoms with E-state index in [0.717, 1.165) is 11.1 Å². The fourth-order valence-electron chi connectivity index (χ4n) is 2.33. The zero-order chi connectivity index (χ0) is 17.1. The summed E-state index contributed by atoms with van der Waals surface area (Å²) in [5, 5.41) is 0. The zero-order valence-electron chi connectivity index (χ0n) is 12.2. The van der Waals surface area contributed by atoms with E-state index in [1.807, 2.05) is 36.4 Å². The van der Waals surface area contributed by atoms with E-state index in [2.05, 4.69) is 31.9 Å². The highest BCUT2D eigenvalue weighted by Crippen LogP contribution is 2.30. The standard InChI is InChI=1S/2C9H5BrO2/c2*10-5-8-6-3-1-2-4-7(6)9(11)12-8/h2*1-5H/b2*8-5-. The molecule has 0 bridgehead atoms. The highest BCUT2D eigenvalue weighted by molar-refractivity contribution is 9.11. The van der Waals surface area contributed by atoms with Gasteiger partial charge < -0.3 is 9.47 Å². The van der Waals surface area contributed by atoms with Crippen molar-refractivity contribution in [2.75, 3.05) is 0 Å². The fraction of sp³-hybridized carbons (Fsp3) is 0. The molecule has 0 radical (unpaired) electrons. The largest absolute Gasteiger partial charge is 0.422 e. The van der Waals surface area contributed by atoms with Crippen LogP contribution < -0.4 is 0 Å². The maximum absolute atomic E-state index is 11.2. The first-order chi connectivity index (χ1) is 11.7. The lowest BCUT2D eigenvalue weighted by molar-refractivity contribution is 0.0706. The van der Waals surface area contributed by atoms with Crippen molar-refractivity contribution in [1.82, 2.24) is 0 Å². The first-order valence-corrected chi connectivity index (χ1v) is 8.72. The molecule has 2 aliphatic heterocycles. The third-order valence-corrected chi connectivity index (χ3v) is 4.26. The van der Waals surface area contributed by atoms with E-state index < -0.39 is 0 Å². The lowest BCUT2D eigenvalue weighted by atomic mass is 10.1. The average Bonchev–Trinajstić information content (AvgIpc) is 3.13. The van der Waals surface area contributed by atoms with Gasteiger partial charge in [-0.1, -0.05) is 68.3 Å². The van der Waals surface area contributed by atoms with E-state index in [4.69, 9.17) is 9.47 Å². The minimum absolute atomic E-state index is 0.281. The van der Waals surface area contributed by atoms with Crippen LogP contribution in [0.4, 0.5) is 0 Å². The van der Waals surface area contributed by atoms with Crippen LogP contribution in [0.1, 0.15) is 31.8 Å². The monoisotopic (exact) mass is 448 g/mol. The van der Waals surface area contributed by atoms with E-state index in [0.29, 0.717) is 22.6 Å². The van der Waals surface area contributed by atoms with Crippen molar-refractivity contribution < 1.29 is 19.1 Å². The summed E-state index contributed by atoms with van der Waals surface area (Å²) in [6, 6.07) is 14.6. The van der Waals surface area contributed by atoms with Crippen LogP contribution in [0, 0.1) is 0 Å². The Labute approximate surface area is 155 Å². The van der Waals surface area contributed by atoms with Crippen LogP contribution in [-0.4, -0.2) is 11.9 Å².